The first-order valence-electron chi connectivity index (χ1n) is 4.35. The predicted octanol–water partition coefficient (Wildman–Crippen LogP) is 0.907. The van der Waals surface area contributed by atoms with E-state index in [2.05, 4.69) is 30.5 Å². The molecule has 0 fully saturated rings. The number of H-pyrrole nitrogens is 1. The van der Waals surface area contributed by atoms with Crippen molar-refractivity contribution in [2.24, 2.45) is 0 Å². The van der Waals surface area contributed by atoms with Crippen molar-refractivity contribution < 1.29 is 4.39 Å². The van der Waals surface area contributed by atoms with E-state index in [-0.39, 0.29) is 6.04 Å². The second kappa shape index (κ2) is 3.99. The third-order valence-corrected chi connectivity index (χ3v) is 1.84. The van der Waals surface area contributed by atoms with Gasteiger partial charge in [-0.3, -0.25) is 5.10 Å². The Hall–Kier alpha value is -2.05. The lowest BCUT2D eigenvalue weighted by Gasteiger charge is -2.10. The zero-order valence-electron chi connectivity index (χ0n) is 7.98. The summed E-state index contributed by atoms with van der Waals surface area (Å²) in [7, 11) is 0. The molecule has 0 saturated heterocycles. The van der Waals surface area contributed by atoms with Gasteiger partial charge in [-0.1, -0.05) is 0 Å². The van der Waals surface area contributed by atoms with Gasteiger partial charge in [-0.05, 0) is 6.92 Å². The average molecular weight is 208 g/mol. The number of hydrogen-bond donors (Lipinski definition) is 2. The maximum Gasteiger partial charge on any atom is 0.217 e. The topological polar surface area (TPSA) is 79.4 Å². The Kier molecular flexibility index (Phi) is 2.53. The molecule has 15 heavy (non-hydrogen) atoms. The molecule has 1 atom stereocenters. The minimum absolute atomic E-state index is 0.123. The molecule has 2 N–H and O–H groups in total. The van der Waals surface area contributed by atoms with Crippen molar-refractivity contribution in [1.29, 1.82) is 0 Å². The summed E-state index contributed by atoms with van der Waals surface area (Å²) in [4.78, 5) is 11.2. The van der Waals surface area contributed by atoms with Crippen LogP contribution in [0.15, 0.2) is 18.7 Å². The van der Waals surface area contributed by atoms with E-state index < -0.39 is 5.95 Å². The van der Waals surface area contributed by atoms with Gasteiger partial charge < -0.3 is 5.32 Å². The minimum Gasteiger partial charge on any atom is -0.360 e. The van der Waals surface area contributed by atoms with Crippen LogP contribution in [-0.2, 0) is 0 Å². The molecule has 0 aliphatic carbocycles. The highest BCUT2D eigenvalue weighted by Crippen LogP contribution is 2.12. The van der Waals surface area contributed by atoms with Crippen LogP contribution in [0.4, 0.5) is 10.2 Å². The van der Waals surface area contributed by atoms with Gasteiger partial charge in [-0.2, -0.15) is 9.49 Å². The Morgan fingerprint density at radius 3 is 2.87 bits per heavy atom. The van der Waals surface area contributed by atoms with E-state index >= 15 is 0 Å². The molecule has 1 unspecified atom stereocenters. The van der Waals surface area contributed by atoms with Gasteiger partial charge in [-0.25, -0.2) is 15.0 Å². The molecule has 0 bridgehead atoms. The van der Waals surface area contributed by atoms with Crippen LogP contribution in [0.3, 0.4) is 0 Å². The first-order valence-corrected chi connectivity index (χ1v) is 4.35. The summed E-state index contributed by atoms with van der Waals surface area (Å²) in [5.74, 6) is 0.498. The first-order chi connectivity index (χ1) is 7.25. The zero-order valence-corrected chi connectivity index (χ0v) is 7.98. The normalized spacial score (nSPS) is 12.4. The van der Waals surface area contributed by atoms with Crippen LogP contribution < -0.4 is 5.32 Å². The van der Waals surface area contributed by atoms with Crippen LogP contribution >= 0.6 is 0 Å². The largest absolute Gasteiger partial charge is 0.360 e. The molecule has 2 heterocycles. The molecule has 0 radical (unpaired) electrons. The quantitative estimate of drug-likeness (QED) is 0.733. The van der Waals surface area contributed by atoms with Crippen LogP contribution in [0.1, 0.15) is 18.8 Å². The van der Waals surface area contributed by atoms with E-state index in [1.54, 1.807) is 0 Å². The van der Waals surface area contributed by atoms with E-state index in [9.17, 15) is 4.39 Å². The number of aromatic nitrogens is 5. The monoisotopic (exact) mass is 208 g/mol. The molecule has 6 nitrogen and oxygen atoms in total. The van der Waals surface area contributed by atoms with Crippen molar-refractivity contribution in [3.8, 4) is 0 Å². The second-order valence-electron chi connectivity index (χ2n) is 2.96. The molecule has 7 heteroatoms. The number of halogens is 1. The summed E-state index contributed by atoms with van der Waals surface area (Å²) in [6.45, 7) is 1.86. The number of rotatable bonds is 3. The molecule has 2 rings (SSSR count). The third-order valence-electron chi connectivity index (χ3n) is 1.84. The van der Waals surface area contributed by atoms with Crippen molar-refractivity contribution in [3.05, 3.63) is 30.5 Å². The fourth-order valence-corrected chi connectivity index (χ4v) is 1.13. The summed E-state index contributed by atoms with van der Waals surface area (Å²) in [5.41, 5.74) is 0. The Morgan fingerprint density at radius 2 is 2.20 bits per heavy atom. The minimum atomic E-state index is -0.572. The van der Waals surface area contributed by atoms with Gasteiger partial charge in [0.1, 0.15) is 24.3 Å². The van der Waals surface area contributed by atoms with Crippen molar-refractivity contribution in [1.82, 2.24) is 25.1 Å². The Morgan fingerprint density at radius 1 is 1.33 bits per heavy atom. The SMILES string of the molecule is CC(Nc1cc(F)ncn1)c1ncn[nH]1. The van der Waals surface area contributed by atoms with Gasteiger partial charge in [0.15, 0.2) is 0 Å². The highest BCUT2D eigenvalue weighted by Gasteiger charge is 2.08. The van der Waals surface area contributed by atoms with Crippen LogP contribution in [0.5, 0.6) is 0 Å². The van der Waals surface area contributed by atoms with E-state index in [0.29, 0.717) is 11.6 Å². The number of aromatic amines is 1. The average Bonchev–Trinajstić information content (AvgIpc) is 2.70. The van der Waals surface area contributed by atoms with Gasteiger partial charge in [0.2, 0.25) is 5.95 Å². The smallest absolute Gasteiger partial charge is 0.217 e. The van der Waals surface area contributed by atoms with Gasteiger partial charge in [-0.15, -0.1) is 0 Å². The molecule has 0 aromatic carbocycles. The van der Waals surface area contributed by atoms with Gasteiger partial charge in [0.05, 0.1) is 6.04 Å². The number of nitrogens with zero attached hydrogens (tertiary/aromatic N) is 4. The van der Waals surface area contributed by atoms with Gasteiger partial charge in [0, 0.05) is 6.07 Å². The van der Waals surface area contributed by atoms with Gasteiger partial charge in [0.25, 0.3) is 0 Å². The fourth-order valence-electron chi connectivity index (χ4n) is 1.13. The van der Waals surface area contributed by atoms with Crippen LogP contribution in [-0.4, -0.2) is 25.1 Å². The third kappa shape index (κ3) is 2.25. The number of nitrogens with one attached hydrogen (secondary N) is 2. The first kappa shape index (κ1) is 9.50. The highest BCUT2D eigenvalue weighted by molar-refractivity contribution is 5.34. The fraction of sp³-hybridized carbons (Fsp3) is 0.250. The molecule has 0 amide bonds. The Bertz CT molecular complexity index is 428. The maximum atomic E-state index is 12.7. The summed E-state index contributed by atoms with van der Waals surface area (Å²) in [5, 5.41) is 9.39. The summed E-state index contributed by atoms with van der Waals surface area (Å²) in [6, 6.07) is 1.09. The molecule has 2 aromatic heterocycles. The van der Waals surface area contributed by atoms with E-state index in [1.807, 2.05) is 6.92 Å². The van der Waals surface area contributed by atoms with Crippen molar-refractivity contribution in [2.75, 3.05) is 5.32 Å². The predicted molar refractivity (Wildman–Crippen MR) is 50.4 cm³/mol. The van der Waals surface area contributed by atoms with E-state index in [1.165, 1.54) is 12.4 Å². The number of hydrogen-bond acceptors (Lipinski definition) is 5. The van der Waals surface area contributed by atoms with Crippen LogP contribution in [0.2, 0.25) is 0 Å². The summed E-state index contributed by atoms with van der Waals surface area (Å²) < 4.78 is 12.7. The second-order valence-corrected chi connectivity index (χ2v) is 2.96. The molecule has 2 aromatic rings. The lowest BCUT2D eigenvalue weighted by molar-refractivity contribution is 0.579. The summed E-state index contributed by atoms with van der Waals surface area (Å²) >= 11 is 0. The molecule has 0 aliphatic rings. The molecular weight excluding hydrogens is 199 g/mol. The number of anilines is 1. The lowest BCUT2D eigenvalue weighted by Crippen LogP contribution is -2.10. The maximum absolute atomic E-state index is 12.7. The molecule has 78 valence electrons. The van der Waals surface area contributed by atoms with Gasteiger partial charge >= 0.3 is 0 Å². The Labute approximate surface area is 85.0 Å². The van der Waals surface area contributed by atoms with Crippen molar-refractivity contribution in [3.63, 3.8) is 0 Å². The molecule has 0 spiro atoms. The van der Waals surface area contributed by atoms with Crippen LogP contribution in [0.25, 0.3) is 0 Å². The Balaban J connectivity index is 2.09. The summed E-state index contributed by atoms with van der Waals surface area (Å²) in [6.07, 6.45) is 2.57. The molecular formula is C8H9FN6. The van der Waals surface area contributed by atoms with Crippen LogP contribution in [0, 0.1) is 5.95 Å². The van der Waals surface area contributed by atoms with E-state index in [4.69, 9.17) is 0 Å². The molecule has 0 saturated carbocycles. The zero-order chi connectivity index (χ0) is 10.7. The van der Waals surface area contributed by atoms with Crippen molar-refractivity contribution in [2.45, 2.75) is 13.0 Å². The highest BCUT2D eigenvalue weighted by atomic mass is 19.1. The van der Waals surface area contributed by atoms with Crippen molar-refractivity contribution >= 4 is 5.82 Å². The molecule has 0 aliphatic heterocycles. The lowest BCUT2D eigenvalue weighted by atomic mass is 10.3. The standard InChI is InChI=1S/C8H9FN6/c1-5(8-12-4-13-15-8)14-7-2-6(9)10-3-11-7/h2-5H,1H3,(H,10,11,14)(H,12,13,15). The van der Waals surface area contributed by atoms with E-state index in [0.717, 1.165) is 6.33 Å².